The van der Waals surface area contributed by atoms with Crippen molar-refractivity contribution in [2.45, 2.75) is 0 Å². The summed E-state index contributed by atoms with van der Waals surface area (Å²) in [6, 6.07) is 18.3. The van der Waals surface area contributed by atoms with Crippen LogP contribution in [0.4, 0.5) is 5.69 Å². The van der Waals surface area contributed by atoms with Crippen LogP contribution < -0.4 is 4.90 Å². The minimum absolute atomic E-state index is 0.122. The zero-order valence-electron chi connectivity index (χ0n) is 14.8. The summed E-state index contributed by atoms with van der Waals surface area (Å²) in [5.74, 6) is -1.03. The fraction of sp³-hybridized carbons (Fsp3) is 0.0952. The van der Waals surface area contributed by atoms with Crippen LogP contribution in [0.1, 0.15) is 9.75 Å². The zero-order valence-corrected chi connectivity index (χ0v) is 16.4. The Morgan fingerprint density at radius 1 is 1.04 bits per heavy atom. The van der Waals surface area contributed by atoms with Crippen molar-refractivity contribution in [2.24, 2.45) is 0 Å². The molecule has 0 radical (unpaired) electrons. The first kappa shape index (κ1) is 19.5. The number of esters is 1. The number of para-hydroxylation sites is 1. The van der Waals surface area contributed by atoms with E-state index in [0.717, 1.165) is 9.75 Å². The average Bonchev–Trinajstić information content (AvgIpc) is 3.43. The Bertz CT molecular complexity index is 988. The second-order valence-corrected chi connectivity index (χ2v) is 7.53. The van der Waals surface area contributed by atoms with Crippen molar-refractivity contribution in [2.75, 3.05) is 18.1 Å². The molecule has 0 aliphatic heterocycles. The van der Waals surface area contributed by atoms with Crippen molar-refractivity contribution in [1.29, 1.82) is 5.26 Å². The molecular weight excluding hydrogens is 392 g/mol. The SMILES string of the molecule is N#CCN(C(=O)COC(=O)/C(=C/c1cccs1)c1cccs1)c1ccccc1. The monoisotopic (exact) mass is 408 g/mol. The van der Waals surface area contributed by atoms with Gasteiger partial charge in [-0.05, 0) is 41.1 Å². The van der Waals surface area contributed by atoms with Gasteiger partial charge >= 0.3 is 5.97 Å². The summed E-state index contributed by atoms with van der Waals surface area (Å²) in [6.45, 7) is -0.564. The molecule has 1 aromatic carbocycles. The molecule has 1 amide bonds. The van der Waals surface area contributed by atoms with Crippen molar-refractivity contribution in [3.05, 3.63) is 75.1 Å². The van der Waals surface area contributed by atoms with Gasteiger partial charge in [0.15, 0.2) is 6.61 Å². The maximum atomic E-state index is 12.7. The van der Waals surface area contributed by atoms with Crippen LogP contribution in [0.3, 0.4) is 0 Å². The van der Waals surface area contributed by atoms with Crippen LogP contribution in [0.25, 0.3) is 11.6 Å². The van der Waals surface area contributed by atoms with E-state index in [-0.39, 0.29) is 6.54 Å². The van der Waals surface area contributed by atoms with Gasteiger partial charge in [-0.25, -0.2) is 4.79 Å². The number of nitrogens with zero attached hydrogens (tertiary/aromatic N) is 2. The fourth-order valence-electron chi connectivity index (χ4n) is 2.46. The van der Waals surface area contributed by atoms with E-state index in [4.69, 9.17) is 10.00 Å². The van der Waals surface area contributed by atoms with Crippen LogP contribution in [0.5, 0.6) is 0 Å². The average molecular weight is 409 g/mol. The molecule has 0 atom stereocenters. The highest BCUT2D eigenvalue weighted by Gasteiger charge is 2.20. The molecule has 7 heteroatoms. The number of rotatable bonds is 7. The van der Waals surface area contributed by atoms with Gasteiger partial charge in [-0.1, -0.05) is 30.3 Å². The summed E-state index contributed by atoms with van der Waals surface area (Å²) in [7, 11) is 0. The quantitative estimate of drug-likeness (QED) is 0.329. The summed E-state index contributed by atoms with van der Waals surface area (Å²) >= 11 is 2.93. The minimum Gasteiger partial charge on any atom is -0.452 e. The second kappa shape index (κ2) is 9.65. The molecule has 0 saturated heterocycles. The lowest BCUT2D eigenvalue weighted by atomic mass is 10.2. The van der Waals surface area contributed by atoms with Crippen molar-refractivity contribution >= 4 is 51.9 Å². The van der Waals surface area contributed by atoms with E-state index in [1.807, 2.05) is 47.2 Å². The standard InChI is InChI=1S/C21H16N2O3S2/c22-10-11-23(16-6-2-1-3-7-16)20(24)15-26-21(25)18(19-9-5-13-28-19)14-17-8-4-12-27-17/h1-9,12-14H,11,15H2/b18-14+. The predicted molar refractivity (Wildman–Crippen MR) is 112 cm³/mol. The van der Waals surface area contributed by atoms with Crippen LogP contribution in [0, 0.1) is 11.3 Å². The summed E-state index contributed by atoms with van der Waals surface area (Å²) in [4.78, 5) is 28.2. The van der Waals surface area contributed by atoms with Gasteiger partial charge in [-0.3, -0.25) is 9.69 Å². The number of thiophene rings is 2. The lowest BCUT2D eigenvalue weighted by Gasteiger charge is -2.19. The highest BCUT2D eigenvalue weighted by molar-refractivity contribution is 7.12. The maximum Gasteiger partial charge on any atom is 0.340 e. The molecule has 2 aromatic heterocycles. The molecule has 0 N–H and O–H groups in total. The van der Waals surface area contributed by atoms with E-state index in [1.165, 1.54) is 27.6 Å². The summed E-state index contributed by atoms with van der Waals surface area (Å²) < 4.78 is 5.29. The van der Waals surface area contributed by atoms with Gasteiger partial charge in [-0.2, -0.15) is 5.26 Å². The van der Waals surface area contributed by atoms with Crippen LogP contribution in [0.15, 0.2) is 65.4 Å². The third-order valence-electron chi connectivity index (χ3n) is 3.76. The molecule has 3 aromatic rings. The Balaban J connectivity index is 1.73. The van der Waals surface area contributed by atoms with E-state index in [9.17, 15) is 9.59 Å². The number of carbonyl (C=O) groups excluding carboxylic acids is 2. The Hall–Kier alpha value is -3.21. The van der Waals surface area contributed by atoms with E-state index >= 15 is 0 Å². The van der Waals surface area contributed by atoms with Crippen molar-refractivity contribution in [3.63, 3.8) is 0 Å². The summed E-state index contributed by atoms with van der Waals surface area (Å²) in [5.41, 5.74) is 0.981. The van der Waals surface area contributed by atoms with Gasteiger partial charge in [0, 0.05) is 15.4 Å². The van der Waals surface area contributed by atoms with E-state index in [0.29, 0.717) is 11.3 Å². The Kier molecular flexibility index (Phi) is 6.73. The Morgan fingerprint density at radius 2 is 1.79 bits per heavy atom. The number of nitriles is 1. The molecule has 0 aliphatic rings. The number of ether oxygens (including phenoxy) is 1. The predicted octanol–water partition coefficient (Wildman–Crippen LogP) is 4.45. The topological polar surface area (TPSA) is 70.4 Å². The van der Waals surface area contributed by atoms with Crippen LogP contribution in [0.2, 0.25) is 0 Å². The van der Waals surface area contributed by atoms with Gasteiger partial charge in [0.05, 0.1) is 11.6 Å². The first-order valence-electron chi connectivity index (χ1n) is 8.37. The van der Waals surface area contributed by atoms with E-state index in [2.05, 4.69) is 0 Å². The summed E-state index contributed by atoms with van der Waals surface area (Å²) in [5, 5.41) is 12.8. The van der Waals surface area contributed by atoms with Gasteiger partial charge in [0.1, 0.15) is 6.54 Å². The third kappa shape index (κ3) is 4.94. The number of benzene rings is 1. The number of carbonyl (C=O) groups is 2. The smallest absolute Gasteiger partial charge is 0.340 e. The van der Waals surface area contributed by atoms with E-state index < -0.39 is 18.5 Å². The summed E-state index contributed by atoms with van der Waals surface area (Å²) in [6.07, 6.45) is 1.76. The van der Waals surface area contributed by atoms with Gasteiger partial charge in [0.25, 0.3) is 5.91 Å². The Morgan fingerprint density at radius 3 is 2.43 bits per heavy atom. The highest BCUT2D eigenvalue weighted by atomic mass is 32.1. The molecule has 3 rings (SSSR count). The molecule has 140 valence electrons. The lowest BCUT2D eigenvalue weighted by molar-refractivity contribution is -0.141. The van der Waals surface area contributed by atoms with E-state index in [1.54, 1.807) is 30.3 Å². The van der Waals surface area contributed by atoms with Crippen molar-refractivity contribution in [3.8, 4) is 6.07 Å². The van der Waals surface area contributed by atoms with Gasteiger partial charge in [0.2, 0.25) is 0 Å². The minimum atomic E-state index is -0.575. The molecule has 0 fully saturated rings. The Labute approximate surface area is 170 Å². The normalized spacial score (nSPS) is 10.9. The largest absolute Gasteiger partial charge is 0.452 e. The van der Waals surface area contributed by atoms with Gasteiger partial charge in [-0.15, -0.1) is 22.7 Å². The number of amides is 1. The van der Waals surface area contributed by atoms with Gasteiger partial charge < -0.3 is 4.74 Å². The van der Waals surface area contributed by atoms with Crippen LogP contribution in [-0.2, 0) is 14.3 Å². The molecule has 0 saturated carbocycles. The first-order valence-corrected chi connectivity index (χ1v) is 10.1. The number of hydrogen-bond acceptors (Lipinski definition) is 6. The van der Waals surface area contributed by atoms with Crippen LogP contribution >= 0.6 is 22.7 Å². The molecule has 0 aliphatic carbocycles. The molecule has 28 heavy (non-hydrogen) atoms. The third-order valence-corrected chi connectivity index (χ3v) is 5.48. The number of hydrogen-bond donors (Lipinski definition) is 0. The number of anilines is 1. The van der Waals surface area contributed by atoms with Crippen molar-refractivity contribution < 1.29 is 14.3 Å². The van der Waals surface area contributed by atoms with Crippen LogP contribution in [-0.4, -0.2) is 25.0 Å². The molecule has 0 spiro atoms. The second-order valence-electron chi connectivity index (χ2n) is 5.60. The van der Waals surface area contributed by atoms with Crippen molar-refractivity contribution in [1.82, 2.24) is 0 Å². The zero-order chi connectivity index (χ0) is 19.8. The molecule has 0 bridgehead atoms. The first-order chi connectivity index (χ1) is 13.7. The fourth-order valence-corrected chi connectivity index (χ4v) is 3.85. The molecule has 0 unspecified atom stereocenters. The maximum absolute atomic E-state index is 12.7. The molecule has 5 nitrogen and oxygen atoms in total. The molecular formula is C21H16N2O3S2. The lowest BCUT2D eigenvalue weighted by Crippen LogP contribution is -2.35. The molecule has 2 heterocycles. The highest BCUT2D eigenvalue weighted by Crippen LogP contribution is 2.26.